The molecule has 0 unspecified atom stereocenters. The maximum Gasteiger partial charge on any atom is 0.0687 e. The molecule has 1 aromatic carbocycles. The van der Waals surface area contributed by atoms with E-state index in [1.165, 1.54) is 60.8 Å². The summed E-state index contributed by atoms with van der Waals surface area (Å²) in [6.45, 7) is 9.15. The van der Waals surface area contributed by atoms with Crippen LogP contribution in [0, 0.1) is 0 Å². The average Bonchev–Trinajstić information content (AvgIpc) is 2.66. The van der Waals surface area contributed by atoms with Gasteiger partial charge in [0.2, 0.25) is 0 Å². The van der Waals surface area contributed by atoms with Gasteiger partial charge in [0, 0.05) is 0 Å². The Labute approximate surface area is 162 Å². The molecule has 0 radical (unpaired) electrons. The molecule has 0 aliphatic carbocycles. The fourth-order valence-corrected chi connectivity index (χ4v) is 4.10. The first-order valence-corrected chi connectivity index (χ1v) is 11.1. The Morgan fingerprint density at radius 2 is 0.654 bits per heavy atom. The van der Waals surface area contributed by atoms with E-state index in [2.05, 4.69) is 27.7 Å². The zero-order chi connectivity index (χ0) is 19.4. The number of unbranched alkanes of at least 4 members (excludes halogenated alkanes) is 4. The second-order valence-corrected chi connectivity index (χ2v) is 7.60. The van der Waals surface area contributed by atoms with Crippen LogP contribution < -0.4 is 0 Å². The highest BCUT2D eigenvalue weighted by atomic mass is 16.3. The molecule has 2 nitrogen and oxygen atoms in total. The third-order valence-corrected chi connectivity index (χ3v) is 5.62. The van der Waals surface area contributed by atoms with Crippen LogP contribution in [-0.4, -0.2) is 10.2 Å². The van der Waals surface area contributed by atoms with Crippen molar-refractivity contribution >= 4 is 0 Å². The number of aliphatic hydroxyl groups is 2. The van der Waals surface area contributed by atoms with E-state index in [0.29, 0.717) is 0 Å². The Hall–Kier alpha value is -0.860. The van der Waals surface area contributed by atoms with Gasteiger partial charge in [-0.25, -0.2) is 0 Å². The van der Waals surface area contributed by atoms with E-state index < -0.39 is 0 Å². The number of aliphatic hydroxyl groups excluding tert-OH is 2. The van der Waals surface area contributed by atoms with E-state index >= 15 is 0 Å². The van der Waals surface area contributed by atoms with E-state index in [1.54, 1.807) is 0 Å². The largest absolute Gasteiger partial charge is 0.392 e. The van der Waals surface area contributed by atoms with Gasteiger partial charge >= 0.3 is 0 Å². The first kappa shape index (κ1) is 23.2. The fourth-order valence-electron chi connectivity index (χ4n) is 4.10. The zero-order valence-electron chi connectivity index (χ0n) is 17.8. The van der Waals surface area contributed by atoms with E-state index in [4.69, 9.17) is 0 Å². The van der Waals surface area contributed by atoms with Gasteiger partial charge in [0.05, 0.1) is 13.2 Å². The highest BCUT2D eigenvalue weighted by Gasteiger charge is 2.21. The Bertz CT molecular complexity index is 482. The Morgan fingerprint density at radius 3 is 0.885 bits per heavy atom. The topological polar surface area (TPSA) is 40.5 Å². The first-order valence-electron chi connectivity index (χ1n) is 11.1. The van der Waals surface area contributed by atoms with Crippen LogP contribution in [0.3, 0.4) is 0 Å². The van der Waals surface area contributed by atoms with Gasteiger partial charge < -0.3 is 10.2 Å². The van der Waals surface area contributed by atoms with Gasteiger partial charge in [-0.15, -0.1) is 0 Å². The lowest BCUT2D eigenvalue weighted by Crippen LogP contribution is -2.15. The minimum atomic E-state index is 0.109. The molecule has 0 aliphatic heterocycles. The van der Waals surface area contributed by atoms with Crippen LogP contribution in [0.1, 0.15) is 112 Å². The molecular formula is C24H42O2. The molecule has 2 N–H and O–H groups in total. The zero-order valence-corrected chi connectivity index (χ0v) is 17.8. The minimum Gasteiger partial charge on any atom is -0.392 e. The molecule has 0 amide bonds. The molecule has 1 aromatic rings. The summed E-state index contributed by atoms with van der Waals surface area (Å²) >= 11 is 0. The Kier molecular flexibility index (Phi) is 11.9. The van der Waals surface area contributed by atoms with E-state index in [9.17, 15) is 10.2 Å². The third-order valence-electron chi connectivity index (χ3n) is 5.62. The summed E-state index contributed by atoms with van der Waals surface area (Å²) in [6, 6.07) is 0. The van der Waals surface area contributed by atoms with Crippen LogP contribution in [0.2, 0.25) is 0 Å². The molecular weight excluding hydrogens is 320 g/mol. The normalized spacial score (nSPS) is 11.3. The lowest BCUT2D eigenvalue weighted by molar-refractivity contribution is 0.270. The standard InChI is InChI=1S/C24H42O2/c1-5-9-13-19-20(14-10-6-2)23(17-25)22(16-12-8-4)24(18-26)21(19)15-11-7-3/h25-26H,5-18H2,1-4H3. The van der Waals surface area contributed by atoms with E-state index in [1.807, 2.05) is 0 Å². The Balaban J connectivity index is 3.61. The maximum atomic E-state index is 10.3. The monoisotopic (exact) mass is 362 g/mol. The van der Waals surface area contributed by atoms with Crippen molar-refractivity contribution in [1.82, 2.24) is 0 Å². The van der Waals surface area contributed by atoms with Crippen molar-refractivity contribution in [3.8, 4) is 0 Å². The molecule has 0 bridgehead atoms. The smallest absolute Gasteiger partial charge is 0.0687 e. The molecule has 2 heteroatoms. The van der Waals surface area contributed by atoms with E-state index in [-0.39, 0.29) is 13.2 Å². The number of benzene rings is 1. The van der Waals surface area contributed by atoms with Crippen LogP contribution >= 0.6 is 0 Å². The fraction of sp³-hybridized carbons (Fsp3) is 0.750. The van der Waals surface area contributed by atoms with Crippen molar-refractivity contribution in [3.05, 3.63) is 33.4 Å². The molecule has 0 saturated heterocycles. The third kappa shape index (κ3) is 6.09. The average molecular weight is 363 g/mol. The van der Waals surface area contributed by atoms with Crippen LogP contribution in [0.5, 0.6) is 0 Å². The van der Waals surface area contributed by atoms with E-state index in [0.717, 1.165) is 49.7 Å². The van der Waals surface area contributed by atoms with Gasteiger partial charge in [-0.05, 0) is 84.7 Å². The predicted octanol–water partition coefficient (Wildman–Crippen LogP) is 6.04. The number of hydrogen-bond acceptors (Lipinski definition) is 2. The summed E-state index contributed by atoms with van der Waals surface area (Å²) in [7, 11) is 0. The SMILES string of the molecule is CCCCc1c(CO)c(CCCC)c(CCCC)c(CCCC)c1CO. The lowest BCUT2D eigenvalue weighted by Gasteiger charge is -2.26. The molecule has 0 heterocycles. The molecule has 0 saturated carbocycles. The van der Waals surface area contributed by atoms with Crippen molar-refractivity contribution in [3.63, 3.8) is 0 Å². The molecule has 1 rings (SSSR count). The lowest BCUT2D eigenvalue weighted by atomic mass is 9.80. The molecule has 0 atom stereocenters. The molecule has 0 aromatic heterocycles. The van der Waals surface area contributed by atoms with Gasteiger partial charge in [0.1, 0.15) is 0 Å². The maximum absolute atomic E-state index is 10.3. The summed E-state index contributed by atoms with van der Waals surface area (Å²) in [5.74, 6) is 0. The highest BCUT2D eigenvalue weighted by Crippen LogP contribution is 2.33. The quantitative estimate of drug-likeness (QED) is 0.423. The van der Waals surface area contributed by atoms with Crippen LogP contribution in [-0.2, 0) is 38.9 Å². The molecule has 0 spiro atoms. The molecule has 150 valence electrons. The summed E-state index contributed by atoms with van der Waals surface area (Å²) in [4.78, 5) is 0. The summed E-state index contributed by atoms with van der Waals surface area (Å²) in [5, 5.41) is 20.5. The summed E-state index contributed by atoms with van der Waals surface area (Å²) in [5.41, 5.74) is 7.83. The van der Waals surface area contributed by atoms with Gasteiger partial charge in [0.25, 0.3) is 0 Å². The molecule has 0 aliphatic rings. The van der Waals surface area contributed by atoms with Gasteiger partial charge in [-0.1, -0.05) is 53.4 Å². The van der Waals surface area contributed by atoms with Crippen LogP contribution in [0.15, 0.2) is 0 Å². The van der Waals surface area contributed by atoms with Gasteiger partial charge in [-0.3, -0.25) is 0 Å². The van der Waals surface area contributed by atoms with Crippen molar-refractivity contribution in [2.24, 2.45) is 0 Å². The van der Waals surface area contributed by atoms with Crippen LogP contribution in [0.25, 0.3) is 0 Å². The van der Waals surface area contributed by atoms with Crippen molar-refractivity contribution in [2.75, 3.05) is 0 Å². The van der Waals surface area contributed by atoms with Crippen molar-refractivity contribution in [1.29, 1.82) is 0 Å². The first-order chi connectivity index (χ1) is 12.7. The Morgan fingerprint density at radius 1 is 0.423 bits per heavy atom. The minimum absolute atomic E-state index is 0.109. The molecule has 26 heavy (non-hydrogen) atoms. The predicted molar refractivity (Wildman–Crippen MR) is 113 cm³/mol. The van der Waals surface area contributed by atoms with Crippen molar-refractivity contribution in [2.45, 2.75) is 118 Å². The number of hydrogen-bond donors (Lipinski definition) is 2. The van der Waals surface area contributed by atoms with Crippen LogP contribution in [0.4, 0.5) is 0 Å². The molecule has 0 fully saturated rings. The van der Waals surface area contributed by atoms with Gasteiger partial charge in [-0.2, -0.15) is 0 Å². The summed E-state index contributed by atoms with van der Waals surface area (Å²) in [6.07, 6.45) is 13.5. The summed E-state index contributed by atoms with van der Waals surface area (Å²) < 4.78 is 0. The second-order valence-electron chi connectivity index (χ2n) is 7.60. The van der Waals surface area contributed by atoms with Gasteiger partial charge in [0.15, 0.2) is 0 Å². The number of rotatable bonds is 14. The highest BCUT2D eigenvalue weighted by molar-refractivity contribution is 5.52. The van der Waals surface area contributed by atoms with Crippen molar-refractivity contribution < 1.29 is 10.2 Å². The second kappa shape index (κ2) is 13.3.